The maximum Gasteiger partial charge on any atom is 0.407 e. The molecule has 8 heteroatoms. The summed E-state index contributed by atoms with van der Waals surface area (Å²) in [6, 6.07) is 3.37. The van der Waals surface area contributed by atoms with Crippen LogP contribution in [0.4, 0.5) is 19.3 Å². The number of aliphatic hydroxyl groups excluding tert-OH is 1. The molecule has 2 aliphatic rings. The van der Waals surface area contributed by atoms with Crippen molar-refractivity contribution in [2.75, 3.05) is 24.5 Å². The van der Waals surface area contributed by atoms with E-state index >= 15 is 0 Å². The van der Waals surface area contributed by atoms with E-state index in [0.29, 0.717) is 32.4 Å². The van der Waals surface area contributed by atoms with E-state index in [1.807, 2.05) is 0 Å². The molecule has 2 N–H and O–H groups in total. The van der Waals surface area contributed by atoms with E-state index in [2.05, 4.69) is 0 Å². The molecule has 2 aliphatic heterocycles. The van der Waals surface area contributed by atoms with Gasteiger partial charge in [0.2, 0.25) is 0 Å². The third-order valence-electron chi connectivity index (χ3n) is 5.33. The molecule has 3 rings (SSSR count). The predicted octanol–water partition coefficient (Wildman–Crippen LogP) is 2.56. The van der Waals surface area contributed by atoms with Gasteiger partial charge in [0.25, 0.3) is 0 Å². The topological polar surface area (TPSA) is 87.8 Å². The summed E-state index contributed by atoms with van der Waals surface area (Å²) < 4.78 is 28.7. The third-order valence-corrected chi connectivity index (χ3v) is 5.33. The largest absolute Gasteiger partial charge is 0.465 e. The molecule has 0 aromatic heterocycles. The van der Waals surface area contributed by atoms with E-state index in [9.17, 15) is 23.8 Å². The lowest BCUT2D eigenvalue weighted by Crippen LogP contribution is -2.54. The summed E-state index contributed by atoms with van der Waals surface area (Å²) >= 11 is 0. The highest BCUT2D eigenvalue weighted by Gasteiger charge is 2.38. The van der Waals surface area contributed by atoms with Crippen molar-refractivity contribution in [1.82, 2.24) is 4.90 Å². The van der Waals surface area contributed by atoms with Crippen LogP contribution in [0.25, 0.3) is 0 Å². The Hall–Kier alpha value is -2.40. The van der Waals surface area contributed by atoms with Crippen LogP contribution in [-0.4, -0.2) is 53.0 Å². The molecule has 1 amide bonds. The number of hydrogen-bond donors (Lipinski definition) is 2. The van der Waals surface area contributed by atoms with Crippen molar-refractivity contribution in [3.05, 3.63) is 29.3 Å². The fraction of sp³-hybridized carbons (Fsp3) is 0.556. The van der Waals surface area contributed by atoms with Crippen LogP contribution < -0.4 is 4.90 Å². The lowest BCUT2D eigenvalue weighted by molar-refractivity contribution is 0.0192. The number of aliphatic hydroxyl groups is 1. The number of benzene rings is 1. The summed E-state index contributed by atoms with van der Waals surface area (Å²) in [6.45, 7) is 1.02. The minimum atomic E-state index is -1.03. The molecule has 3 atom stereocenters. The molecule has 3 unspecified atom stereocenters. The quantitative estimate of drug-likeness (QED) is 0.841. The predicted molar refractivity (Wildman–Crippen MR) is 89.8 cm³/mol. The van der Waals surface area contributed by atoms with Gasteiger partial charge in [0, 0.05) is 25.7 Å². The lowest BCUT2D eigenvalue weighted by Gasteiger charge is -2.44. The Balaban J connectivity index is 1.83. The monoisotopic (exact) mass is 365 g/mol. The number of likely N-dealkylation sites (tertiary alicyclic amines) is 1. The minimum absolute atomic E-state index is 0.0789. The zero-order chi connectivity index (χ0) is 18.8. The van der Waals surface area contributed by atoms with Gasteiger partial charge in [-0.2, -0.15) is 5.26 Å². The maximum atomic E-state index is 14.3. The fourth-order valence-electron chi connectivity index (χ4n) is 4.12. The molecule has 0 spiro atoms. The summed E-state index contributed by atoms with van der Waals surface area (Å²) in [5, 5.41) is 28.2. The van der Waals surface area contributed by atoms with Gasteiger partial charge in [-0.1, -0.05) is 0 Å². The van der Waals surface area contributed by atoms with Gasteiger partial charge in [-0.05, 0) is 43.7 Å². The zero-order valence-electron chi connectivity index (χ0n) is 14.2. The Morgan fingerprint density at radius 1 is 1.23 bits per heavy atom. The van der Waals surface area contributed by atoms with Crippen molar-refractivity contribution in [1.29, 1.82) is 5.26 Å². The van der Waals surface area contributed by atoms with Crippen LogP contribution in [0.2, 0.25) is 0 Å². The van der Waals surface area contributed by atoms with Gasteiger partial charge in [0.15, 0.2) is 11.6 Å². The SMILES string of the molecule is N#Cc1cc(F)c(N2CCCC(C3CC(O)CCN3C(=O)O)C2)c(F)c1. The number of carbonyl (C=O) groups is 1. The second-order valence-electron chi connectivity index (χ2n) is 6.97. The molecule has 1 aromatic carbocycles. The molecule has 0 saturated carbocycles. The van der Waals surface area contributed by atoms with E-state index in [1.165, 1.54) is 4.90 Å². The van der Waals surface area contributed by atoms with Crippen molar-refractivity contribution in [2.45, 2.75) is 37.8 Å². The molecule has 2 heterocycles. The normalized spacial score (nSPS) is 26.5. The van der Waals surface area contributed by atoms with Crippen molar-refractivity contribution in [3.8, 4) is 6.07 Å². The van der Waals surface area contributed by atoms with E-state index in [1.54, 1.807) is 11.0 Å². The van der Waals surface area contributed by atoms with Crippen LogP contribution >= 0.6 is 0 Å². The van der Waals surface area contributed by atoms with Crippen LogP contribution in [0, 0.1) is 28.9 Å². The van der Waals surface area contributed by atoms with E-state index in [4.69, 9.17) is 5.26 Å². The summed E-state index contributed by atoms with van der Waals surface area (Å²) in [6.07, 6.45) is 0.548. The molecule has 26 heavy (non-hydrogen) atoms. The van der Waals surface area contributed by atoms with Crippen LogP contribution in [0.5, 0.6) is 0 Å². The summed E-state index contributed by atoms with van der Waals surface area (Å²) in [5.74, 6) is -1.70. The standard InChI is InChI=1S/C18H21F2N3O3/c19-14-6-11(9-21)7-15(20)17(14)22-4-1-2-12(10-22)16-8-13(24)3-5-23(16)18(25)26/h6-7,12-13,16,24H,1-5,8,10H2,(H,25,26). The molecule has 0 bridgehead atoms. The highest BCUT2D eigenvalue weighted by molar-refractivity contribution is 5.65. The van der Waals surface area contributed by atoms with Gasteiger partial charge < -0.3 is 20.0 Å². The molecular formula is C18H21F2N3O3. The molecule has 0 aliphatic carbocycles. The first-order chi connectivity index (χ1) is 12.4. The van der Waals surface area contributed by atoms with Crippen molar-refractivity contribution >= 4 is 11.8 Å². The number of amides is 1. The first kappa shape index (κ1) is 18.4. The Kier molecular flexibility index (Phi) is 5.28. The molecule has 1 aromatic rings. The number of anilines is 1. The van der Waals surface area contributed by atoms with Gasteiger partial charge in [-0.3, -0.25) is 0 Å². The minimum Gasteiger partial charge on any atom is -0.465 e. The first-order valence-corrected chi connectivity index (χ1v) is 8.72. The van der Waals surface area contributed by atoms with Crippen LogP contribution in [-0.2, 0) is 0 Å². The van der Waals surface area contributed by atoms with E-state index in [-0.39, 0.29) is 29.8 Å². The molecule has 140 valence electrons. The van der Waals surface area contributed by atoms with Crippen molar-refractivity contribution in [3.63, 3.8) is 0 Å². The highest BCUT2D eigenvalue weighted by atomic mass is 19.1. The lowest BCUT2D eigenvalue weighted by atomic mass is 9.83. The Bertz CT molecular complexity index is 714. The van der Waals surface area contributed by atoms with Crippen molar-refractivity contribution in [2.24, 2.45) is 5.92 Å². The number of piperidine rings is 2. The summed E-state index contributed by atoms with van der Waals surface area (Å²) in [7, 11) is 0. The van der Waals surface area contributed by atoms with Gasteiger partial charge >= 0.3 is 6.09 Å². The van der Waals surface area contributed by atoms with Crippen LogP contribution in [0.1, 0.15) is 31.2 Å². The fourth-order valence-corrected chi connectivity index (χ4v) is 4.12. The average molecular weight is 365 g/mol. The van der Waals surface area contributed by atoms with E-state index in [0.717, 1.165) is 18.6 Å². The Morgan fingerprint density at radius 3 is 2.54 bits per heavy atom. The van der Waals surface area contributed by atoms with Gasteiger partial charge in [0.05, 0.1) is 17.7 Å². The summed E-state index contributed by atoms with van der Waals surface area (Å²) in [5.41, 5.74) is -0.253. The number of nitrogens with zero attached hydrogens (tertiary/aromatic N) is 3. The molecule has 0 radical (unpaired) electrons. The number of rotatable bonds is 2. The van der Waals surface area contributed by atoms with Gasteiger partial charge in [-0.15, -0.1) is 0 Å². The second-order valence-corrected chi connectivity index (χ2v) is 6.97. The number of halogens is 2. The van der Waals surface area contributed by atoms with Crippen LogP contribution in [0.3, 0.4) is 0 Å². The number of hydrogen-bond acceptors (Lipinski definition) is 4. The van der Waals surface area contributed by atoms with E-state index < -0.39 is 23.8 Å². The number of nitriles is 1. The summed E-state index contributed by atoms with van der Waals surface area (Å²) in [4.78, 5) is 14.4. The van der Waals surface area contributed by atoms with Crippen LogP contribution in [0.15, 0.2) is 12.1 Å². The average Bonchev–Trinajstić information content (AvgIpc) is 2.61. The molecular weight excluding hydrogens is 344 g/mol. The Labute approximate surface area is 150 Å². The molecule has 6 nitrogen and oxygen atoms in total. The molecule has 2 fully saturated rings. The maximum absolute atomic E-state index is 14.3. The number of carboxylic acid groups (broad SMARTS) is 1. The highest BCUT2D eigenvalue weighted by Crippen LogP contribution is 2.34. The second kappa shape index (κ2) is 7.46. The zero-order valence-corrected chi connectivity index (χ0v) is 14.2. The smallest absolute Gasteiger partial charge is 0.407 e. The third kappa shape index (κ3) is 3.58. The van der Waals surface area contributed by atoms with Gasteiger partial charge in [-0.25, -0.2) is 13.6 Å². The van der Waals surface area contributed by atoms with Crippen molar-refractivity contribution < 1.29 is 23.8 Å². The van der Waals surface area contributed by atoms with Gasteiger partial charge in [0.1, 0.15) is 5.69 Å². The Morgan fingerprint density at radius 2 is 1.92 bits per heavy atom. The molecule has 2 saturated heterocycles. The first-order valence-electron chi connectivity index (χ1n) is 8.72.